The van der Waals surface area contributed by atoms with Crippen molar-refractivity contribution in [3.63, 3.8) is 0 Å². The van der Waals surface area contributed by atoms with E-state index in [1.165, 1.54) is 0 Å². The highest BCUT2D eigenvalue weighted by atomic mass is 16.5. The molecular formula is C20H31N5O. The summed E-state index contributed by atoms with van der Waals surface area (Å²) in [5.41, 5.74) is 1.01. The van der Waals surface area contributed by atoms with Gasteiger partial charge in [0.15, 0.2) is 0 Å². The van der Waals surface area contributed by atoms with Crippen molar-refractivity contribution in [1.82, 2.24) is 19.8 Å². The molecule has 0 radical (unpaired) electrons. The number of hydrogen-bond acceptors (Lipinski definition) is 6. The van der Waals surface area contributed by atoms with Gasteiger partial charge < -0.3 is 15.0 Å². The lowest BCUT2D eigenvalue weighted by atomic mass is 10.1. The van der Waals surface area contributed by atoms with E-state index in [-0.39, 0.29) is 0 Å². The van der Waals surface area contributed by atoms with Crippen LogP contribution in [0.3, 0.4) is 0 Å². The van der Waals surface area contributed by atoms with E-state index in [4.69, 9.17) is 14.7 Å². The summed E-state index contributed by atoms with van der Waals surface area (Å²) in [6.45, 7) is 4.45. The molecular weight excluding hydrogens is 326 g/mol. The predicted molar refractivity (Wildman–Crippen MR) is 107 cm³/mol. The van der Waals surface area contributed by atoms with Crippen LogP contribution in [0.4, 0.5) is 5.82 Å². The van der Waals surface area contributed by atoms with Crippen LogP contribution in [-0.2, 0) is 11.3 Å². The normalized spacial score (nSPS) is 15.9. The van der Waals surface area contributed by atoms with E-state index in [0.717, 1.165) is 74.7 Å². The highest BCUT2D eigenvalue weighted by Gasteiger charge is 2.19. The molecule has 2 heterocycles. The molecule has 1 fully saturated rings. The molecule has 1 aromatic carbocycles. The first-order valence-electron chi connectivity index (χ1n) is 9.56. The van der Waals surface area contributed by atoms with Crippen LogP contribution in [0.2, 0.25) is 0 Å². The Morgan fingerprint density at radius 3 is 2.65 bits per heavy atom. The van der Waals surface area contributed by atoms with Gasteiger partial charge in [-0.2, -0.15) is 0 Å². The molecule has 0 aliphatic carbocycles. The fourth-order valence-electron chi connectivity index (χ4n) is 3.41. The Bertz CT molecular complexity index is 700. The van der Waals surface area contributed by atoms with Crippen LogP contribution in [0.5, 0.6) is 0 Å². The first kappa shape index (κ1) is 19.0. The molecule has 3 rings (SSSR count). The standard InChI is InChI=1S/C20H31N5O/c1-24(2)12-6-11-21-20-17-7-4-5-8-18(17)22-19(23-20)15-25(3)16-9-13-26-14-10-16/h4-5,7-8,16H,6,9-15H2,1-3H3,(H,21,22,23). The topological polar surface area (TPSA) is 53.5 Å². The summed E-state index contributed by atoms with van der Waals surface area (Å²) in [5.74, 6) is 1.83. The van der Waals surface area contributed by atoms with Crippen molar-refractivity contribution in [3.05, 3.63) is 30.1 Å². The summed E-state index contributed by atoms with van der Waals surface area (Å²) in [6, 6.07) is 8.80. The summed E-state index contributed by atoms with van der Waals surface area (Å²) >= 11 is 0. The summed E-state index contributed by atoms with van der Waals surface area (Å²) in [7, 11) is 6.37. The van der Waals surface area contributed by atoms with Crippen LogP contribution in [0.1, 0.15) is 25.1 Å². The molecule has 1 aromatic heterocycles. The van der Waals surface area contributed by atoms with Crippen LogP contribution in [0.25, 0.3) is 10.9 Å². The summed E-state index contributed by atoms with van der Waals surface area (Å²) < 4.78 is 5.48. The second-order valence-electron chi connectivity index (χ2n) is 7.35. The average molecular weight is 358 g/mol. The Kier molecular flexibility index (Phi) is 6.77. The van der Waals surface area contributed by atoms with Crippen LogP contribution in [0.15, 0.2) is 24.3 Å². The van der Waals surface area contributed by atoms with E-state index >= 15 is 0 Å². The van der Waals surface area contributed by atoms with E-state index in [9.17, 15) is 0 Å². The van der Waals surface area contributed by atoms with Crippen LogP contribution in [0, 0.1) is 0 Å². The number of anilines is 1. The molecule has 0 bridgehead atoms. The molecule has 0 atom stereocenters. The van der Waals surface area contributed by atoms with Gasteiger partial charge in [0.25, 0.3) is 0 Å². The molecule has 6 heteroatoms. The lowest BCUT2D eigenvalue weighted by molar-refractivity contribution is 0.0400. The Hall–Kier alpha value is -1.76. The fraction of sp³-hybridized carbons (Fsp3) is 0.600. The molecule has 1 saturated heterocycles. The molecule has 0 spiro atoms. The number of aromatic nitrogens is 2. The molecule has 0 unspecified atom stereocenters. The Labute approximate surface area is 156 Å². The third kappa shape index (κ3) is 5.13. The van der Waals surface area contributed by atoms with Gasteiger partial charge in [-0.15, -0.1) is 0 Å². The average Bonchev–Trinajstić information content (AvgIpc) is 2.65. The molecule has 2 aromatic rings. The molecule has 6 nitrogen and oxygen atoms in total. The third-order valence-electron chi connectivity index (χ3n) is 4.93. The Balaban J connectivity index is 1.73. The lowest BCUT2D eigenvalue weighted by Crippen LogP contribution is -2.36. The number of ether oxygens (including phenoxy) is 1. The maximum Gasteiger partial charge on any atom is 0.145 e. The van der Waals surface area contributed by atoms with E-state index in [2.05, 4.69) is 48.4 Å². The van der Waals surface area contributed by atoms with Crippen molar-refractivity contribution in [2.24, 2.45) is 0 Å². The zero-order valence-corrected chi connectivity index (χ0v) is 16.2. The quantitative estimate of drug-likeness (QED) is 0.733. The highest BCUT2D eigenvalue weighted by molar-refractivity contribution is 5.88. The van der Waals surface area contributed by atoms with E-state index < -0.39 is 0 Å². The molecule has 0 amide bonds. The van der Waals surface area contributed by atoms with Gasteiger partial charge in [-0.1, -0.05) is 12.1 Å². The maximum atomic E-state index is 5.48. The van der Waals surface area contributed by atoms with Gasteiger partial charge in [-0.05, 0) is 59.1 Å². The van der Waals surface area contributed by atoms with Crippen LogP contribution in [-0.4, -0.2) is 73.3 Å². The predicted octanol–water partition coefficient (Wildman–Crippen LogP) is 2.60. The van der Waals surface area contributed by atoms with Gasteiger partial charge in [-0.3, -0.25) is 4.90 Å². The molecule has 1 aliphatic heterocycles. The van der Waals surface area contributed by atoms with E-state index in [1.807, 2.05) is 12.1 Å². The number of nitrogens with one attached hydrogen (secondary N) is 1. The van der Waals surface area contributed by atoms with Gasteiger partial charge in [0, 0.05) is 31.2 Å². The molecule has 1 N–H and O–H groups in total. The van der Waals surface area contributed by atoms with Crippen LogP contribution >= 0.6 is 0 Å². The molecule has 1 aliphatic rings. The monoisotopic (exact) mass is 357 g/mol. The number of para-hydroxylation sites is 1. The van der Waals surface area contributed by atoms with Crippen molar-refractivity contribution in [1.29, 1.82) is 0 Å². The first-order chi connectivity index (χ1) is 12.6. The number of hydrogen-bond donors (Lipinski definition) is 1. The summed E-state index contributed by atoms with van der Waals surface area (Å²) in [4.78, 5) is 14.2. The SMILES string of the molecule is CN(C)CCCNc1nc(CN(C)C2CCOCC2)nc2ccccc12. The van der Waals surface area contributed by atoms with Crippen molar-refractivity contribution in [2.45, 2.75) is 31.8 Å². The third-order valence-corrected chi connectivity index (χ3v) is 4.93. The second-order valence-corrected chi connectivity index (χ2v) is 7.35. The number of fused-ring (bicyclic) bond motifs is 1. The maximum absolute atomic E-state index is 5.48. The lowest BCUT2D eigenvalue weighted by Gasteiger charge is -2.30. The summed E-state index contributed by atoms with van der Waals surface area (Å²) in [5, 5.41) is 4.61. The summed E-state index contributed by atoms with van der Waals surface area (Å²) in [6.07, 6.45) is 3.25. The highest BCUT2D eigenvalue weighted by Crippen LogP contribution is 2.21. The fourth-order valence-corrected chi connectivity index (χ4v) is 3.41. The van der Waals surface area contributed by atoms with Crippen molar-refractivity contribution >= 4 is 16.7 Å². The van der Waals surface area contributed by atoms with Gasteiger partial charge >= 0.3 is 0 Å². The minimum absolute atomic E-state index is 0.551. The largest absolute Gasteiger partial charge is 0.381 e. The van der Waals surface area contributed by atoms with Crippen molar-refractivity contribution in [3.8, 4) is 0 Å². The second kappa shape index (κ2) is 9.26. The Morgan fingerprint density at radius 1 is 1.12 bits per heavy atom. The minimum atomic E-state index is 0.551. The number of nitrogens with zero attached hydrogens (tertiary/aromatic N) is 4. The van der Waals surface area contributed by atoms with Gasteiger partial charge in [-0.25, -0.2) is 9.97 Å². The van der Waals surface area contributed by atoms with E-state index in [0.29, 0.717) is 6.04 Å². The van der Waals surface area contributed by atoms with Crippen molar-refractivity contribution < 1.29 is 4.74 Å². The molecule has 0 saturated carbocycles. The Morgan fingerprint density at radius 2 is 1.88 bits per heavy atom. The van der Waals surface area contributed by atoms with E-state index in [1.54, 1.807) is 0 Å². The van der Waals surface area contributed by atoms with Crippen LogP contribution < -0.4 is 5.32 Å². The first-order valence-corrected chi connectivity index (χ1v) is 9.56. The van der Waals surface area contributed by atoms with Gasteiger partial charge in [0.05, 0.1) is 12.1 Å². The molecule has 142 valence electrons. The number of rotatable bonds is 8. The van der Waals surface area contributed by atoms with Gasteiger partial charge in [0.1, 0.15) is 11.6 Å². The molecule has 26 heavy (non-hydrogen) atoms. The minimum Gasteiger partial charge on any atom is -0.381 e. The van der Waals surface area contributed by atoms with Crippen molar-refractivity contribution in [2.75, 3.05) is 52.8 Å². The smallest absolute Gasteiger partial charge is 0.145 e. The van der Waals surface area contributed by atoms with Gasteiger partial charge in [0.2, 0.25) is 0 Å². The zero-order valence-electron chi connectivity index (χ0n) is 16.2. The zero-order chi connectivity index (χ0) is 18.4. The number of benzene rings is 1.